The van der Waals surface area contributed by atoms with Gasteiger partial charge in [-0.05, 0) is 48.4 Å². The molecule has 0 amide bonds. The maximum absolute atomic E-state index is 2.68. The maximum Gasteiger partial charge on any atom is 0.0242 e. The average molecular weight is 375 g/mol. The molecule has 0 aliphatic heterocycles. The third kappa shape index (κ3) is 2.01. The lowest BCUT2D eigenvalue weighted by atomic mass is 9.81. The van der Waals surface area contributed by atoms with E-state index >= 15 is 0 Å². The van der Waals surface area contributed by atoms with Gasteiger partial charge in [0.2, 0.25) is 0 Å². The van der Waals surface area contributed by atoms with Crippen molar-refractivity contribution in [2.24, 2.45) is 5.41 Å². The van der Waals surface area contributed by atoms with Crippen LogP contribution in [-0.4, -0.2) is 49.1 Å². The van der Waals surface area contributed by atoms with E-state index in [1.54, 1.807) is 22.3 Å². The zero-order valence-electron chi connectivity index (χ0n) is 17.9. The summed E-state index contributed by atoms with van der Waals surface area (Å²) in [6.45, 7) is 16.3. The summed E-state index contributed by atoms with van der Waals surface area (Å²) >= 11 is 0. The quantitative estimate of drug-likeness (QED) is 0.652. The number of hydrogen-bond acceptors (Lipinski definition) is 2. The molecular weight excluding hydrogens is 340 g/mol. The molecule has 2 nitrogen and oxygen atoms in total. The van der Waals surface area contributed by atoms with Gasteiger partial charge in [0.1, 0.15) is 0 Å². The molecule has 0 bridgehead atoms. The largest absolute Gasteiger partial charge is 0.303 e. The zero-order valence-corrected chi connectivity index (χ0v) is 17.9. The van der Waals surface area contributed by atoms with E-state index in [-0.39, 0.29) is 5.41 Å². The lowest BCUT2D eigenvalue weighted by Gasteiger charge is -2.33. The third-order valence-electron chi connectivity index (χ3n) is 8.39. The first kappa shape index (κ1) is 18.4. The van der Waals surface area contributed by atoms with E-state index in [2.05, 4.69) is 86.0 Å². The third-order valence-corrected chi connectivity index (χ3v) is 8.39. The molecule has 2 heteroatoms. The van der Waals surface area contributed by atoms with Gasteiger partial charge in [0.25, 0.3) is 0 Å². The minimum atomic E-state index is 0.289. The highest BCUT2D eigenvalue weighted by atomic mass is 15.2. The van der Waals surface area contributed by atoms with E-state index in [9.17, 15) is 0 Å². The second kappa shape index (κ2) is 6.43. The summed E-state index contributed by atoms with van der Waals surface area (Å²) in [5.41, 5.74) is 7.15. The number of rotatable bonds is 8. The molecule has 5 rings (SSSR count). The Balaban J connectivity index is 1.72. The summed E-state index contributed by atoms with van der Waals surface area (Å²) in [6.07, 6.45) is 0. The van der Waals surface area contributed by atoms with Crippen molar-refractivity contribution in [2.45, 2.75) is 44.9 Å². The summed E-state index contributed by atoms with van der Waals surface area (Å²) < 4.78 is 0. The Kier molecular flexibility index (Phi) is 4.23. The van der Waals surface area contributed by atoms with Gasteiger partial charge in [-0.25, -0.2) is 0 Å². The van der Waals surface area contributed by atoms with Crippen LogP contribution in [0.4, 0.5) is 0 Å². The molecule has 0 radical (unpaired) electrons. The van der Waals surface area contributed by atoms with Crippen LogP contribution in [0.1, 0.15) is 61.8 Å². The lowest BCUT2D eigenvalue weighted by molar-refractivity contribution is 0.192. The van der Waals surface area contributed by atoms with E-state index < -0.39 is 0 Å². The molecule has 0 spiro atoms. The molecule has 2 aromatic rings. The number of likely N-dealkylation sites (N-methyl/N-ethyl adjacent to an activating group) is 1. The van der Waals surface area contributed by atoms with Gasteiger partial charge in [-0.3, -0.25) is 0 Å². The Morgan fingerprint density at radius 1 is 0.679 bits per heavy atom. The van der Waals surface area contributed by atoms with Crippen molar-refractivity contribution in [3.05, 3.63) is 70.8 Å². The van der Waals surface area contributed by atoms with Crippen LogP contribution in [0, 0.1) is 5.41 Å². The van der Waals surface area contributed by atoms with Crippen molar-refractivity contribution < 1.29 is 0 Å². The highest BCUT2D eigenvalue weighted by Crippen LogP contribution is 2.89. The first-order chi connectivity index (χ1) is 13.7. The average Bonchev–Trinajstić information content (AvgIpc) is 3.11. The fourth-order valence-corrected chi connectivity index (χ4v) is 7.18. The Labute approximate surface area is 170 Å². The minimum absolute atomic E-state index is 0.289. The molecule has 3 aliphatic carbocycles. The highest BCUT2D eigenvalue weighted by molar-refractivity contribution is 5.72. The monoisotopic (exact) mass is 374 g/mol. The topological polar surface area (TPSA) is 6.48 Å². The van der Waals surface area contributed by atoms with E-state index in [1.807, 2.05) is 0 Å². The Morgan fingerprint density at radius 2 is 1.21 bits per heavy atom. The Bertz CT molecular complexity index is 882. The standard InChI is InChI=1S/C26H34N2/c1-5-27(6-2)17-25-22-16-12-11-15-21(22)23-19-13-9-10-14-20(19)24(25)26(23,25)18-28(7-3)8-4/h9-16,23-24H,5-8,17-18H2,1-4H3. The van der Waals surface area contributed by atoms with Crippen molar-refractivity contribution in [2.75, 3.05) is 39.3 Å². The van der Waals surface area contributed by atoms with Crippen LogP contribution >= 0.6 is 0 Å². The fourth-order valence-electron chi connectivity index (χ4n) is 7.18. The smallest absolute Gasteiger partial charge is 0.0242 e. The minimum Gasteiger partial charge on any atom is -0.303 e. The number of hydrogen-bond donors (Lipinski definition) is 0. The molecule has 148 valence electrons. The van der Waals surface area contributed by atoms with Gasteiger partial charge in [-0.1, -0.05) is 76.2 Å². The van der Waals surface area contributed by atoms with E-state index in [0.29, 0.717) is 17.3 Å². The summed E-state index contributed by atoms with van der Waals surface area (Å²) in [7, 11) is 0. The van der Waals surface area contributed by atoms with Gasteiger partial charge in [-0.2, -0.15) is 0 Å². The first-order valence-corrected chi connectivity index (χ1v) is 11.3. The molecule has 4 unspecified atom stereocenters. The van der Waals surface area contributed by atoms with Gasteiger partial charge < -0.3 is 9.80 Å². The summed E-state index contributed by atoms with van der Waals surface area (Å²) in [4.78, 5) is 5.35. The van der Waals surface area contributed by atoms with E-state index in [0.717, 1.165) is 26.2 Å². The number of nitrogens with zero attached hydrogens (tertiary/aromatic N) is 2. The van der Waals surface area contributed by atoms with Gasteiger partial charge in [0.15, 0.2) is 0 Å². The molecule has 2 aromatic carbocycles. The highest BCUT2D eigenvalue weighted by Gasteiger charge is 2.86. The fraction of sp³-hybridized carbons (Fsp3) is 0.538. The second-order valence-corrected chi connectivity index (χ2v) is 9.02. The summed E-state index contributed by atoms with van der Waals surface area (Å²) in [6, 6.07) is 18.8. The Morgan fingerprint density at radius 3 is 1.86 bits per heavy atom. The molecule has 4 atom stereocenters. The van der Waals surface area contributed by atoms with Crippen LogP contribution in [0.15, 0.2) is 48.5 Å². The van der Waals surface area contributed by atoms with Gasteiger partial charge >= 0.3 is 0 Å². The van der Waals surface area contributed by atoms with Crippen LogP contribution in [0.25, 0.3) is 0 Å². The van der Waals surface area contributed by atoms with Crippen LogP contribution in [0.3, 0.4) is 0 Å². The maximum atomic E-state index is 2.68. The number of fused-ring (bicyclic) bond motifs is 7. The van der Waals surface area contributed by atoms with Crippen LogP contribution < -0.4 is 0 Å². The predicted molar refractivity (Wildman–Crippen MR) is 117 cm³/mol. The molecule has 0 heterocycles. The van der Waals surface area contributed by atoms with Gasteiger partial charge in [0.05, 0.1) is 0 Å². The molecule has 3 aliphatic rings. The molecule has 28 heavy (non-hydrogen) atoms. The van der Waals surface area contributed by atoms with Gasteiger partial charge in [-0.15, -0.1) is 0 Å². The van der Waals surface area contributed by atoms with Crippen molar-refractivity contribution in [1.29, 1.82) is 0 Å². The second-order valence-electron chi connectivity index (χ2n) is 9.02. The molecular formula is C26H34N2. The molecule has 1 fully saturated rings. The van der Waals surface area contributed by atoms with Crippen LogP contribution in [0.5, 0.6) is 0 Å². The normalized spacial score (nSPS) is 31.2. The van der Waals surface area contributed by atoms with Crippen LogP contribution in [-0.2, 0) is 5.41 Å². The van der Waals surface area contributed by atoms with Crippen molar-refractivity contribution >= 4 is 0 Å². The molecule has 1 saturated carbocycles. The summed E-state index contributed by atoms with van der Waals surface area (Å²) in [5, 5.41) is 0. The van der Waals surface area contributed by atoms with Crippen LogP contribution in [0.2, 0.25) is 0 Å². The van der Waals surface area contributed by atoms with Gasteiger partial charge in [0, 0.05) is 35.8 Å². The predicted octanol–water partition coefficient (Wildman–Crippen LogP) is 4.85. The summed E-state index contributed by atoms with van der Waals surface area (Å²) in [5.74, 6) is 1.25. The lowest BCUT2D eigenvalue weighted by Crippen LogP contribution is -2.39. The SMILES string of the molecule is CCN(CC)CC12c3ccccc3C3c4ccccc4C1C32CN(CC)CC. The zero-order chi connectivity index (χ0) is 19.5. The van der Waals surface area contributed by atoms with Crippen molar-refractivity contribution in [3.63, 3.8) is 0 Å². The first-order valence-electron chi connectivity index (χ1n) is 11.3. The van der Waals surface area contributed by atoms with Crippen molar-refractivity contribution in [1.82, 2.24) is 9.80 Å². The van der Waals surface area contributed by atoms with Crippen molar-refractivity contribution in [3.8, 4) is 0 Å². The van der Waals surface area contributed by atoms with E-state index in [1.165, 1.54) is 13.1 Å². The van der Waals surface area contributed by atoms with E-state index in [4.69, 9.17) is 0 Å². The number of benzene rings is 2. The molecule has 0 aromatic heterocycles. The molecule has 0 N–H and O–H groups in total. The molecule has 0 saturated heterocycles. The Hall–Kier alpha value is -1.64.